The van der Waals surface area contributed by atoms with Gasteiger partial charge >= 0.3 is 6.09 Å². The standard InChI is InChI=1S/C47H52ClF2N4O9P/c1-3-61-64(58,28-34-35(49)16-11-17-36(34)50)47-26-30(47)21-23-60-22-10-9-18-37(52-46(57)63-31-14-7-8-15-31)45(56)54-27-32(24-39(54)44(55)53-47)62-41-25-38(29-12-5-4-6-13-29)51-43-33(41)19-20-40(59-2)42(43)48/h4-6,11-13,16-17,19-21,23,25,30-32,37,39H,3,7-10,14-15,18,22,24,26-28H2,1-2H3,(H,52,57)(H,53,55)/b23-21-/t30-,32-,37+,39+,47+,64?/m1/s1. The van der Waals surface area contributed by atoms with Crippen molar-refractivity contribution in [3.05, 3.63) is 101 Å². The van der Waals surface area contributed by atoms with E-state index in [1.807, 2.05) is 30.3 Å². The molecule has 2 N–H and O–H groups in total. The molecule has 1 unspecified atom stereocenters. The molecular formula is C47H52ClF2N4O9P. The van der Waals surface area contributed by atoms with Crippen molar-refractivity contribution in [3.63, 3.8) is 0 Å². The number of hydrogen-bond donors (Lipinski definition) is 2. The van der Waals surface area contributed by atoms with Gasteiger partial charge in [-0.05, 0) is 88.6 Å². The highest BCUT2D eigenvalue weighted by atomic mass is 35.5. The van der Waals surface area contributed by atoms with Crippen LogP contribution in [-0.2, 0) is 34.3 Å². The van der Waals surface area contributed by atoms with E-state index in [4.69, 9.17) is 40.1 Å². The summed E-state index contributed by atoms with van der Waals surface area (Å²) in [6.45, 7) is 1.73. The van der Waals surface area contributed by atoms with Gasteiger partial charge in [0, 0.05) is 34.9 Å². The van der Waals surface area contributed by atoms with Crippen molar-refractivity contribution in [1.29, 1.82) is 0 Å². The lowest BCUT2D eigenvalue weighted by molar-refractivity contribution is -0.140. The number of fused-ring (bicyclic) bond motifs is 3. The van der Waals surface area contributed by atoms with Gasteiger partial charge in [-0.25, -0.2) is 18.6 Å². The van der Waals surface area contributed by atoms with Crippen LogP contribution in [-0.4, -0.2) is 84.2 Å². The largest absolute Gasteiger partial charge is 0.502 e. The molecule has 3 amide bonds. The van der Waals surface area contributed by atoms with Crippen molar-refractivity contribution >= 4 is 47.8 Å². The summed E-state index contributed by atoms with van der Waals surface area (Å²) in [6.07, 6.45) is 5.39. The first kappa shape index (κ1) is 45.3. The first-order chi connectivity index (χ1) is 30.9. The van der Waals surface area contributed by atoms with Crippen molar-refractivity contribution in [3.8, 4) is 22.8 Å². The SMILES string of the molecule is CCOP(=O)(Cc1c(F)cccc1F)[C@@]12C[C@H]1/C=C\OCCCC[C@H](NC(=O)OC1CCCC1)C(=O)N1C[C@H](Oc3cc(-c4ccccc4)nc4c(Cl)c(OC)ccc34)C[C@H]1C(=O)N2. The summed E-state index contributed by atoms with van der Waals surface area (Å²) in [5.41, 5.74) is 1.34. The van der Waals surface area contributed by atoms with E-state index in [0.29, 0.717) is 40.9 Å². The topological polar surface area (TPSA) is 155 Å². The number of nitrogens with one attached hydrogen (secondary N) is 2. The molecule has 3 aromatic carbocycles. The molecule has 17 heteroatoms. The fourth-order valence-electron chi connectivity index (χ4n) is 9.14. The number of halogens is 3. The van der Waals surface area contributed by atoms with E-state index in [2.05, 4.69) is 10.6 Å². The minimum atomic E-state index is -4.18. The molecule has 64 heavy (non-hydrogen) atoms. The van der Waals surface area contributed by atoms with Crippen LogP contribution in [0.2, 0.25) is 5.02 Å². The summed E-state index contributed by atoms with van der Waals surface area (Å²) in [7, 11) is -2.67. The average Bonchev–Trinajstić information content (AvgIpc) is 3.54. The van der Waals surface area contributed by atoms with E-state index in [0.717, 1.165) is 43.4 Å². The molecular weight excluding hydrogens is 869 g/mol. The number of aromatic nitrogens is 1. The third-order valence-corrected chi connectivity index (χ3v) is 16.2. The van der Waals surface area contributed by atoms with Gasteiger partial charge in [-0.2, -0.15) is 0 Å². The minimum Gasteiger partial charge on any atom is -0.502 e. The predicted molar refractivity (Wildman–Crippen MR) is 236 cm³/mol. The summed E-state index contributed by atoms with van der Waals surface area (Å²) in [4.78, 5) is 49.5. The molecule has 2 saturated carbocycles. The molecule has 340 valence electrons. The second-order valence-corrected chi connectivity index (χ2v) is 19.8. The van der Waals surface area contributed by atoms with Crippen LogP contribution in [0.15, 0.2) is 79.1 Å². The van der Waals surface area contributed by atoms with Crippen LogP contribution in [0, 0.1) is 17.6 Å². The summed E-state index contributed by atoms with van der Waals surface area (Å²) < 4.78 is 75.4. The fraction of sp³-hybridized carbons (Fsp3) is 0.447. The molecule has 2 aliphatic carbocycles. The molecule has 2 aliphatic heterocycles. The molecule has 4 aliphatic rings. The lowest BCUT2D eigenvalue weighted by Crippen LogP contribution is -2.55. The smallest absolute Gasteiger partial charge is 0.408 e. The third-order valence-electron chi connectivity index (χ3n) is 12.6. The van der Waals surface area contributed by atoms with E-state index in [1.54, 1.807) is 31.2 Å². The van der Waals surface area contributed by atoms with Crippen molar-refractivity contribution in [2.45, 2.75) is 100 Å². The average molecular weight is 921 g/mol. The Morgan fingerprint density at radius 1 is 1.00 bits per heavy atom. The molecule has 4 aromatic rings. The Morgan fingerprint density at radius 2 is 1.75 bits per heavy atom. The fourth-order valence-corrected chi connectivity index (χ4v) is 12.5. The van der Waals surface area contributed by atoms with E-state index in [1.165, 1.54) is 24.3 Å². The Hall–Kier alpha value is -5.24. The van der Waals surface area contributed by atoms with Crippen molar-refractivity contribution in [1.82, 2.24) is 20.5 Å². The van der Waals surface area contributed by atoms with Gasteiger partial charge in [0.25, 0.3) is 0 Å². The molecule has 1 saturated heterocycles. The Kier molecular flexibility index (Phi) is 13.8. The van der Waals surface area contributed by atoms with Gasteiger partial charge < -0.3 is 39.0 Å². The van der Waals surface area contributed by atoms with Crippen molar-refractivity contribution in [2.24, 2.45) is 5.92 Å². The molecule has 3 heterocycles. The van der Waals surface area contributed by atoms with Gasteiger partial charge in [0.2, 0.25) is 19.2 Å². The first-order valence-electron chi connectivity index (χ1n) is 21.9. The Balaban J connectivity index is 1.17. The zero-order chi connectivity index (χ0) is 45.0. The van der Waals surface area contributed by atoms with E-state index in [9.17, 15) is 14.4 Å². The Morgan fingerprint density at radius 3 is 2.48 bits per heavy atom. The molecule has 13 nitrogen and oxygen atoms in total. The maximum absolute atomic E-state index is 15.2. The van der Waals surface area contributed by atoms with Gasteiger partial charge in [-0.15, -0.1) is 0 Å². The maximum Gasteiger partial charge on any atom is 0.408 e. The highest BCUT2D eigenvalue weighted by Gasteiger charge is 2.67. The molecule has 0 spiro atoms. The Labute approximate surface area is 375 Å². The second-order valence-electron chi connectivity index (χ2n) is 16.7. The van der Waals surface area contributed by atoms with Crippen LogP contribution in [0.3, 0.4) is 0 Å². The third kappa shape index (κ3) is 9.44. The first-order valence-corrected chi connectivity index (χ1v) is 24.1. The summed E-state index contributed by atoms with van der Waals surface area (Å²) in [6, 6.07) is 15.8. The van der Waals surface area contributed by atoms with Crippen LogP contribution < -0.4 is 20.1 Å². The number of pyridine rings is 1. The monoisotopic (exact) mass is 920 g/mol. The van der Waals surface area contributed by atoms with Crippen LogP contribution in [0.1, 0.15) is 70.3 Å². The number of carbonyl (C=O) groups is 3. The van der Waals surface area contributed by atoms with Crippen LogP contribution >= 0.6 is 19.0 Å². The van der Waals surface area contributed by atoms with Crippen molar-refractivity contribution < 1.29 is 51.2 Å². The van der Waals surface area contributed by atoms with Gasteiger partial charge in [0.05, 0.1) is 50.5 Å². The number of alkyl carbamates (subject to hydrolysis) is 1. The lowest BCUT2D eigenvalue weighted by atomic mass is 10.1. The molecule has 0 bridgehead atoms. The van der Waals surface area contributed by atoms with E-state index < -0.39 is 78.0 Å². The highest BCUT2D eigenvalue weighted by Crippen LogP contribution is 2.74. The lowest BCUT2D eigenvalue weighted by Gasteiger charge is -2.33. The van der Waals surface area contributed by atoms with Crippen LogP contribution in [0.4, 0.5) is 13.6 Å². The van der Waals surface area contributed by atoms with Crippen molar-refractivity contribution in [2.75, 3.05) is 26.9 Å². The van der Waals surface area contributed by atoms with Gasteiger partial charge in [-0.3, -0.25) is 14.2 Å². The number of hydrogen-bond acceptors (Lipinski definition) is 10. The van der Waals surface area contributed by atoms with Crippen LogP contribution in [0.5, 0.6) is 11.5 Å². The van der Waals surface area contributed by atoms with Gasteiger partial charge in [-0.1, -0.05) is 48.0 Å². The summed E-state index contributed by atoms with van der Waals surface area (Å²) in [5, 5.41) is 5.03. The zero-order valence-electron chi connectivity index (χ0n) is 35.7. The molecule has 1 aromatic heterocycles. The highest BCUT2D eigenvalue weighted by molar-refractivity contribution is 7.60. The van der Waals surface area contributed by atoms with E-state index in [-0.39, 0.29) is 50.1 Å². The number of amides is 3. The van der Waals surface area contributed by atoms with Crippen LogP contribution in [0.25, 0.3) is 22.2 Å². The minimum absolute atomic E-state index is 0.0221. The molecule has 0 radical (unpaired) electrons. The van der Waals surface area contributed by atoms with E-state index >= 15 is 13.3 Å². The number of methoxy groups -OCH3 is 1. The number of benzene rings is 3. The number of rotatable bonds is 11. The van der Waals surface area contributed by atoms with Gasteiger partial charge in [0.1, 0.15) is 57.7 Å². The maximum atomic E-state index is 15.2. The Bertz CT molecular complexity index is 2440. The normalized spacial score (nSPS) is 25.4. The predicted octanol–water partition coefficient (Wildman–Crippen LogP) is 9.29. The molecule has 8 rings (SSSR count). The molecule has 3 fully saturated rings. The second kappa shape index (κ2) is 19.5. The quantitative estimate of drug-likeness (QED) is 0.139. The molecule has 6 atom stereocenters. The zero-order valence-corrected chi connectivity index (χ0v) is 37.4. The summed E-state index contributed by atoms with van der Waals surface area (Å²) >= 11 is 6.84. The number of nitrogens with zero attached hydrogens (tertiary/aromatic N) is 2. The van der Waals surface area contributed by atoms with Gasteiger partial charge in [0.15, 0.2) is 0 Å². The number of ether oxygens (including phenoxy) is 4. The summed E-state index contributed by atoms with van der Waals surface area (Å²) in [5.74, 6) is -2.81. The number of carbonyl (C=O) groups excluding carboxylic acids is 3.